The number of hydrogen-bond donors (Lipinski definition) is 2. The molecule has 30 heavy (non-hydrogen) atoms. The number of halogens is 1. The van der Waals surface area contributed by atoms with Gasteiger partial charge in [0.2, 0.25) is 17.8 Å². The first kappa shape index (κ1) is 20.3. The van der Waals surface area contributed by atoms with E-state index >= 15 is 0 Å². The number of aryl methyl sites for hydroxylation is 1. The van der Waals surface area contributed by atoms with Crippen LogP contribution in [0.2, 0.25) is 0 Å². The molecule has 0 aromatic carbocycles. The molecule has 2 N–H and O–H groups in total. The Bertz CT molecular complexity index is 899. The van der Waals surface area contributed by atoms with E-state index < -0.39 is 5.95 Å². The molecule has 6 bridgehead atoms. The highest BCUT2D eigenvalue weighted by Crippen LogP contribution is 2.25. The van der Waals surface area contributed by atoms with Crippen LogP contribution in [-0.2, 0) is 4.79 Å². The summed E-state index contributed by atoms with van der Waals surface area (Å²) in [5.74, 6) is 0.693. The molecule has 2 aromatic rings. The van der Waals surface area contributed by atoms with Gasteiger partial charge in [0.25, 0.3) is 0 Å². The van der Waals surface area contributed by atoms with Crippen molar-refractivity contribution in [1.82, 2.24) is 19.9 Å². The molecular weight excluding hydrogens is 385 g/mol. The minimum absolute atomic E-state index is 0.229. The van der Waals surface area contributed by atoms with Gasteiger partial charge >= 0.3 is 0 Å². The standard InChI is InChI=1S/C21H28FN7O/c1-15-13-25-21-26-17-12-16(14-24-19(17)22)28-8-10-29(11-9-28)18(30)6-4-2-3-5-7-23-20(15)27-21/h12-14H,2-11H2,1H3,(H2,23,25,26,27). The SMILES string of the molecule is Cc1cnc2nc1NCCCCCCC(=O)N1CCN(CC1)c1cnc(F)c(c1)N2. The van der Waals surface area contributed by atoms with E-state index in [4.69, 9.17) is 0 Å². The van der Waals surface area contributed by atoms with Crippen molar-refractivity contribution >= 4 is 29.0 Å². The smallest absolute Gasteiger partial charge is 0.236 e. The van der Waals surface area contributed by atoms with Gasteiger partial charge in [-0.15, -0.1) is 0 Å². The van der Waals surface area contributed by atoms with Gasteiger partial charge in [-0.3, -0.25) is 4.79 Å². The lowest BCUT2D eigenvalue weighted by Crippen LogP contribution is -2.48. The Kier molecular flexibility index (Phi) is 6.25. The molecule has 3 aliphatic rings. The maximum atomic E-state index is 14.4. The number of anilines is 4. The Morgan fingerprint density at radius 3 is 2.60 bits per heavy atom. The Balaban J connectivity index is 1.59. The highest BCUT2D eigenvalue weighted by molar-refractivity contribution is 5.76. The van der Waals surface area contributed by atoms with Crippen LogP contribution >= 0.6 is 0 Å². The molecule has 5 heterocycles. The lowest BCUT2D eigenvalue weighted by molar-refractivity contribution is -0.131. The van der Waals surface area contributed by atoms with E-state index in [9.17, 15) is 9.18 Å². The monoisotopic (exact) mass is 413 g/mol. The predicted octanol–water partition coefficient (Wildman–Crippen LogP) is 3.09. The molecule has 1 amide bonds. The number of carbonyl (C=O) groups excluding carboxylic acids is 1. The maximum absolute atomic E-state index is 14.4. The van der Waals surface area contributed by atoms with Crippen LogP contribution in [0.4, 0.5) is 27.5 Å². The van der Waals surface area contributed by atoms with Gasteiger partial charge in [-0.25, -0.2) is 9.97 Å². The van der Waals surface area contributed by atoms with Crippen molar-refractivity contribution in [2.45, 2.75) is 39.0 Å². The van der Waals surface area contributed by atoms with Gasteiger partial charge in [0.05, 0.1) is 17.6 Å². The lowest BCUT2D eigenvalue weighted by atomic mass is 10.1. The van der Waals surface area contributed by atoms with E-state index in [2.05, 4.69) is 30.5 Å². The van der Waals surface area contributed by atoms with Crippen molar-refractivity contribution in [2.24, 2.45) is 0 Å². The molecule has 0 atom stereocenters. The van der Waals surface area contributed by atoms with Crippen LogP contribution in [0, 0.1) is 12.9 Å². The summed E-state index contributed by atoms with van der Waals surface area (Å²) in [6, 6.07) is 1.73. The van der Waals surface area contributed by atoms with Gasteiger partial charge in [0, 0.05) is 50.9 Å². The minimum atomic E-state index is -0.600. The molecule has 0 radical (unpaired) electrons. The molecule has 0 aliphatic carbocycles. The van der Waals surface area contributed by atoms with Crippen LogP contribution in [0.5, 0.6) is 0 Å². The number of fused-ring (bicyclic) bond motifs is 9. The number of aromatic nitrogens is 3. The Hall–Kier alpha value is -2.97. The number of hydrogen-bond acceptors (Lipinski definition) is 7. The number of amides is 1. The summed E-state index contributed by atoms with van der Waals surface area (Å²) < 4.78 is 14.4. The van der Waals surface area contributed by atoms with Gasteiger partial charge in [0.15, 0.2) is 0 Å². The highest BCUT2D eigenvalue weighted by atomic mass is 19.1. The third-order valence-corrected chi connectivity index (χ3v) is 5.65. The summed E-state index contributed by atoms with van der Waals surface area (Å²) in [7, 11) is 0. The molecule has 8 nitrogen and oxygen atoms in total. The average molecular weight is 414 g/mol. The zero-order chi connectivity index (χ0) is 20.9. The predicted molar refractivity (Wildman–Crippen MR) is 115 cm³/mol. The summed E-state index contributed by atoms with van der Waals surface area (Å²) in [5.41, 5.74) is 1.98. The number of nitrogens with one attached hydrogen (secondary N) is 2. The van der Waals surface area contributed by atoms with E-state index in [1.54, 1.807) is 12.3 Å². The van der Waals surface area contributed by atoms with Crippen LogP contribution in [0.3, 0.4) is 0 Å². The molecule has 0 spiro atoms. The topological polar surface area (TPSA) is 86.3 Å². The Morgan fingerprint density at radius 1 is 1.00 bits per heavy atom. The lowest BCUT2D eigenvalue weighted by Gasteiger charge is -2.36. The van der Waals surface area contributed by atoms with Crippen molar-refractivity contribution in [3.8, 4) is 0 Å². The molecule has 2 aromatic heterocycles. The summed E-state index contributed by atoms with van der Waals surface area (Å²) in [6.07, 6.45) is 7.88. The summed E-state index contributed by atoms with van der Waals surface area (Å²) >= 11 is 0. The number of carbonyl (C=O) groups is 1. The molecular formula is C21H28FN7O. The second kappa shape index (κ2) is 9.23. The molecule has 0 unspecified atom stereocenters. The average Bonchev–Trinajstić information content (AvgIpc) is 2.76. The van der Waals surface area contributed by atoms with Gasteiger partial charge < -0.3 is 20.4 Å². The fourth-order valence-corrected chi connectivity index (χ4v) is 3.83. The van der Waals surface area contributed by atoms with Crippen LogP contribution in [0.15, 0.2) is 18.5 Å². The van der Waals surface area contributed by atoms with Crippen molar-refractivity contribution in [3.05, 3.63) is 30.0 Å². The van der Waals surface area contributed by atoms with Crippen molar-refractivity contribution in [3.63, 3.8) is 0 Å². The number of piperazine rings is 1. The molecule has 5 rings (SSSR count). The molecule has 1 fully saturated rings. The maximum Gasteiger partial charge on any atom is 0.236 e. The van der Waals surface area contributed by atoms with Crippen molar-refractivity contribution in [1.29, 1.82) is 0 Å². The van der Waals surface area contributed by atoms with E-state index in [-0.39, 0.29) is 11.6 Å². The third-order valence-electron chi connectivity index (χ3n) is 5.65. The first-order valence-corrected chi connectivity index (χ1v) is 10.6. The summed E-state index contributed by atoms with van der Waals surface area (Å²) in [5, 5.41) is 6.30. The third kappa shape index (κ3) is 4.77. The van der Waals surface area contributed by atoms with E-state index in [1.807, 2.05) is 11.8 Å². The normalized spacial score (nSPS) is 18.1. The fraction of sp³-hybridized carbons (Fsp3) is 0.524. The zero-order valence-corrected chi connectivity index (χ0v) is 17.3. The zero-order valence-electron chi connectivity index (χ0n) is 17.3. The highest BCUT2D eigenvalue weighted by Gasteiger charge is 2.22. The van der Waals surface area contributed by atoms with Crippen LogP contribution in [0.1, 0.15) is 37.7 Å². The molecule has 1 saturated heterocycles. The Morgan fingerprint density at radius 2 is 1.77 bits per heavy atom. The fourth-order valence-electron chi connectivity index (χ4n) is 3.83. The first-order valence-electron chi connectivity index (χ1n) is 10.6. The van der Waals surface area contributed by atoms with Gasteiger partial charge in [-0.1, -0.05) is 12.8 Å². The quantitative estimate of drug-likeness (QED) is 0.642. The van der Waals surface area contributed by atoms with Gasteiger partial charge in [-0.05, 0) is 25.8 Å². The van der Waals surface area contributed by atoms with Gasteiger partial charge in [-0.2, -0.15) is 9.37 Å². The molecule has 3 aliphatic heterocycles. The number of rotatable bonds is 0. The van der Waals surface area contributed by atoms with E-state index in [0.29, 0.717) is 38.5 Å². The van der Waals surface area contributed by atoms with Gasteiger partial charge in [0.1, 0.15) is 5.82 Å². The van der Waals surface area contributed by atoms with Crippen LogP contribution in [0.25, 0.3) is 0 Å². The Labute approximate surface area is 175 Å². The summed E-state index contributed by atoms with van der Waals surface area (Å²) in [4.78, 5) is 29.2. The van der Waals surface area contributed by atoms with Crippen LogP contribution in [-0.4, -0.2) is 58.5 Å². The molecule has 9 heteroatoms. The van der Waals surface area contributed by atoms with E-state index in [0.717, 1.165) is 49.3 Å². The second-order valence-electron chi connectivity index (χ2n) is 7.84. The second-order valence-corrected chi connectivity index (χ2v) is 7.84. The summed E-state index contributed by atoms with van der Waals surface area (Å²) in [6.45, 7) is 5.48. The number of nitrogens with zero attached hydrogens (tertiary/aromatic N) is 5. The van der Waals surface area contributed by atoms with E-state index in [1.165, 1.54) is 6.20 Å². The number of pyridine rings is 1. The molecule has 0 saturated carbocycles. The first-order chi connectivity index (χ1) is 14.6. The van der Waals surface area contributed by atoms with Crippen LogP contribution < -0.4 is 15.5 Å². The molecule has 160 valence electrons. The largest absolute Gasteiger partial charge is 0.370 e. The van der Waals surface area contributed by atoms with Crippen molar-refractivity contribution in [2.75, 3.05) is 48.3 Å². The minimum Gasteiger partial charge on any atom is -0.370 e. The van der Waals surface area contributed by atoms with Crippen molar-refractivity contribution < 1.29 is 9.18 Å².